The molecule has 1 aliphatic rings. The first kappa shape index (κ1) is 16.1. The Kier molecular flexibility index (Phi) is 4.38. The molecule has 2 atom stereocenters. The van der Waals surface area contributed by atoms with E-state index in [-0.39, 0.29) is 16.8 Å². The summed E-state index contributed by atoms with van der Waals surface area (Å²) in [6, 6.07) is 0.319. The zero-order chi connectivity index (χ0) is 15.0. The average molecular weight is 267 g/mol. The standard InChI is InChI=1S/C16H29NO2/c1-11-9-12(15(2,3)4)14(16(5,6)7)17(11)10-13(18)19-8/h12,14H,1,9-10H2,2-8H3. The van der Waals surface area contributed by atoms with E-state index in [1.165, 1.54) is 7.11 Å². The lowest BCUT2D eigenvalue weighted by Gasteiger charge is -2.43. The minimum absolute atomic E-state index is 0.103. The zero-order valence-corrected chi connectivity index (χ0v) is 13.5. The number of likely N-dealkylation sites (tertiary alicyclic amines) is 1. The van der Waals surface area contributed by atoms with E-state index in [4.69, 9.17) is 4.74 Å². The van der Waals surface area contributed by atoms with Crippen LogP contribution in [-0.2, 0) is 9.53 Å². The fourth-order valence-electron chi connectivity index (χ4n) is 3.16. The van der Waals surface area contributed by atoms with Crippen molar-refractivity contribution in [3.63, 3.8) is 0 Å². The molecular formula is C16H29NO2. The van der Waals surface area contributed by atoms with E-state index in [0.717, 1.165) is 12.1 Å². The van der Waals surface area contributed by atoms with E-state index in [1.807, 2.05) is 0 Å². The lowest BCUT2D eigenvalue weighted by atomic mass is 9.68. The number of rotatable bonds is 2. The minimum atomic E-state index is -0.190. The molecule has 3 heteroatoms. The molecule has 2 unspecified atom stereocenters. The zero-order valence-electron chi connectivity index (χ0n) is 13.5. The van der Waals surface area contributed by atoms with Gasteiger partial charge in [-0.05, 0) is 23.2 Å². The highest BCUT2D eigenvalue weighted by atomic mass is 16.5. The number of hydrogen-bond donors (Lipinski definition) is 0. The van der Waals surface area contributed by atoms with E-state index >= 15 is 0 Å². The highest BCUT2D eigenvalue weighted by molar-refractivity contribution is 5.72. The molecule has 1 saturated heterocycles. The highest BCUT2D eigenvalue weighted by Crippen LogP contribution is 2.48. The fraction of sp³-hybridized carbons (Fsp3) is 0.812. The van der Waals surface area contributed by atoms with Crippen molar-refractivity contribution in [2.75, 3.05) is 13.7 Å². The summed E-state index contributed by atoms with van der Waals surface area (Å²) in [4.78, 5) is 13.8. The van der Waals surface area contributed by atoms with E-state index in [0.29, 0.717) is 18.5 Å². The lowest BCUT2D eigenvalue weighted by molar-refractivity contribution is -0.142. The number of allylic oxidation sites excluding steroid dienone is 1. The Balaban J connectivity index is 3.08. The van der Waals surface area contributed by atoms with Crippen LogP contribution in [-0.4, -0.2) is 30.6 Å². The predicted octanol–water partition coefficient (Wildman–Crippen LogP) is 3.46. The summed E-state index contributed by atoms with van der Waals surface area (Å²) in [6.45, 7) is 18.0. The molecule has 0 bridgehead atoms. The molecule has 19 heavy (non-hydrogen) atoms. The molecule has 110 valence electrons. The first-order valence-electron chi connectivity index (χ1n) is 6.99. The van der Waals surface area contributed by atoms with E-state index < -0.39 is 0 Å². The van der Waals surface area contributed by atoms with Gasteiger partial charge in [-0.2, -0.15) is 0 Å². The molecule has 0 radical (unpaired) electrons. The molecule has 3 nitrogen and oxygen atoms in total. The van der Waals surface area contributed by atoms with E-state index in [9.17, 15) is 4.79 Å². The fourth-order valence-corrected chi connectivity index (χ4v) is 3.16. The van der Waals surface area contributed by atoms with Crippen molar-refractivity contribution in [1.29, 1.82) is 0 Å². The first-order chi connectivity index (χ1) is 8.48. The van der Waals surface area contributed by atoms with Crippen LogP contribution in [0, 0.1) is 16.7 Å². The molecule has 1 heterocycles. The second-order valence-electron chi connectivity index (χ2n) is 7.76. The Morgan fingerprint density at radius 3 is 2.16 bits per heavy atom. The maximum absolute atomic E-state index is 11.6. The summed E-state index contributed by atoms with van der Waals surface area (Å²) in [5.74, 6) is 0.314. The van der Waals surface area contributed by atoms with Crippen LogP contribution in [0.25, 0.3) is 0 Å². The van der Waals surface area contributed by atoms with E-state index in [1.54, 1.807) is 0 Å². The molecule has 0 aromatic heterocycles. The molecule has 0 aromatic carbocycles. The average Bonchev–Trinajstić information content (AvgIpc) is 2.55. The molecule has 1 rings (SSSR count). The van der Waals surface area contributed by atoms with Gasteiger partial charge >= 0.3 is 5.97 Å². The molecule has 1 aliphatic heterocycles. The van der Waals surface area contributed by atoms with Crippen LogP contribution < -0.4 is 0 Å². The molecule has 0 aromatic rings. The van der Waals surface area contributed by atoms with Crippen molar-refractivity contribution in [2.45, 2.75) is 54.0 Å². The summed E-state index contributed by atoms with van der Waals surface area (Å²) >= 11 is 0. The first-order valence-corrected chi connectivity index (χ1v) is 6.99. The van der Waals surface area contributed by atoms with Gasteiger partial charge < -0.3 is 9.64 Å². The summed E-state index contributed by atoms with van der Waals surface area (Å²) in [5.41, 5.74) is 1.36. The van der Waals surface area contributed by atoms with Gasteiger partial charge in [0.25, 0.3) is 0 Å². The van der Waals surface area contributed by atoms with Crippen LogP contribution in [0.1, 0.15) is 48.0 Å². The second kappa shape index (κ2) is 5.18. The molecular weight excluding hydrogens is 238 g/mol. The smallest absolute Gasteiger partial charge is 0.325 e. The van der Waals surface area contributed by atoms with Crippen molar-refractivity contribution in [3.05, 3.63) is 12.3 Å². The number of esters is 1. The van der Waals surface area contributed by atoms with Gasteiger partial charge in [0, 0.05) is 11.7 Å². The number of methoxy groups -OCH3 is 1. The highest BCUT2D eigenvalue weighted by Gasteiger charge is 2.48. The molecule has 0 N–H and O–H groups in total. The summed E-state index contributed by atoms with van der Waals surface area (Å²) in [5, 5.41) is 0. The van der Waals surface area contributed by atoms with Crippen LogP contribution in [0.2, 0.25) is 0 Å². The molecule has 0 saturated carbocycles. The summed E-state index contributed by atoms with van der Waals surface area (Å²) < 4.78 is 4.82. The Bertz CT molecular complexity index is 360. The minimum Gasteiger partial charge on any atom is -0.468 e. The topological polar surface area (TPSA) is 29.5 Å². The van der Waals surface area contributed by atoms with E-state index in [2.05, 4.69) is 53.0 Å². The summed E-state index contributed by atoms with van der Waals surface area (Å²) in [6.07, 6.45) is 0.961. The Labute approximate surface area is 118 Å². The van der Waals surface area contributed by atoms with Crippen LogP contribution in [0.5, 0.6) is 0 Å². The molecule has 1 fully saturated rings. The molecule has 0 spiro atoms. The van der Waals surface area contributed by atoms with Gasteiger partial charge in [0.1, 0.15) is 6.54 Å². The molecule has 0 amide bonds. The van der Waals surface area contributed by atoms with Crippen molar-refractivity contribution in [3.8, 4) is 0 Å². The van der Waals surface area contributed by atoms with Crippen LogP contribution in [0.4, 0.5) is 0 Å². The van der Waals surface area contributed by atoms with Gasteiger partial charge in [0.2, 0.25) is 0 Å². The van der Waals surface area contributed by atoms with Crippen LogP contribution in [0.15, 0.2) is 12.3 Å². The molecule has 0 aliphatic carbocycles. The monoisotopic (exact) mass is 267 g/mol. The largest absolute Gasteiger partial charge is 0.468 e. The number of hydrogen-bond acceptors (Lipinski definition) is 3. The van der Waals surface area contributed by atoms with Gasteiger partial charge in [-0.1, -0.05) is 48.1 Å². The second-order valence-corrected chi connectivity index (χ2v) is 7.76. The maximum Gasteiger partial charge on any atom is 0.325 e. The predicted molar refractivity (Wildman–Crippen MR) is 78.7 cm³/mol. The Morgan fingerprint density at radius 1 is 1.26 bits per heavy atom. The SMILES string of the molecule is C=C1CC(C(C)(C)C)C(C(C)(C)C)N1CC(=O)OC. The van der Waals surface area contributed by atoms with Crippen molar-refractivity contribution in [1.82, 2.24) is 4.90 Å². The van der Waals surface area contributed by atoms with Crippen LogP contribution in [0.3, 0.4) is 0 Å². The van der Waals surface area contributed by atoms with Crippen molar-refractivity contribution < 1.29 is 9.53 Å². The Hall–Kier alpha value is -0.990. The number of carbonyl (C=O) groups is 1. The Morgan fingerprint density at radius 2 is 1.79 bits per heavy atom. The van der Waals surface area contributed by atoms with Gasteiger partial charge in [-0.25, -0.2) is 0 Å². The summed E-state index contributed by atoms with van der Waals surface area (Å²) in [7, 11) is 1.44. The quantitative estimate of drug-likeness (QED) is 0.718. The van der Waals surface area contributed by atoms with Gasteiger partial charge in [0.05, 0.1) is 7.11 Å². The van der Waals surface area contributed by atoms with Gasteiger partial charge in [-0.15, -0.1) is 0 Å². The number of ether oxygens (including phenoxy) is 1. The van der Waals surface area contributed by atoms with Crippen molar-refractivity contribution >= 4 is 5.97 Å². The lowest BCUT2D eigenvalue weighted by Crippen LogP contribution is -2.47. The van der Waals surface area contributed by atoms with Gasteiger partial charge in [-0.3, -0.25) is 4.79 Å². The van der Waals surface area contributed by atoms with Crippen molar-refractivity contribution in [2.24, 2.45) is 16.7 Å². The normalized spacial score (nSPS) is 24.8. The number of carbonyl (C=O) groups excluding carboxylic acids is 1. The third kappa shape index (κ3) is 3.52. The maximum atomic E-state index is 11.6. The third-order valence-corrected chi connectivity index (χ3v) is 4.11. The number of nitrogens with zero attached hydrogens (tertiary/aromatic N) is 1. The third-order valence-electron chi connectivity index (χ3n) is 4.11. The van der Waals surface area contributed by atoms with Crippen LogP contribution >= 0.6 is 0 Å². The van der Waals surface area contributed by atoms with Gasteiger partial charge in [0.15, 0.2) is 0 Å².